The van der Waals surface area contributed by atoms with E-state index in [0.29, 0.717) is 56.5 Å². The van der Waals surface area contributed by atoms with E-state index in [4.69, 9.17) is 0 Å². The maximum absolute atomic E-state index is 16.1. The van der Waals surface area contributed by atoms with Crippen LogP contribution in [0.1, 0.15) is 107 Å². The molecule has 8 heteroatoms. The van der Waals surface area contributed by atoms with Crippen molar-refractivity contribution in [2.75, 3.05) is 13.1 Å². The smallest absolute Gasteiger partial charge is 0.265 e. The number of unbranched alkanes of at least 4 members (excludes halogenated alkanes) is 6. The van der Waals surface area contributed by atoms with Crippen LogP contribution >= 0.6 is 14.5 Å². The summed E-state index contributed by atoms with van der Waals surface area (Å²) in [5.41, 5.74) is 1.47. The summed E-state index contributed by atoms with van der Waals surface area (Å²) >= 11 is 0. The summed E-state index contributed by atoms with van der Waals surface area (Å²) in [6.45, 7) is 4.78. The molecule has 0 atom stereocenters. The van der Waals surface area contributed by atoms with E-state index in [0.717, 1.165) is 70.4 Å². The number of carbonyl (C=O) groups is 4. The first kappa shape index (κ1) is 46.9. The average Bonchev–Trinajstić information content (AvgIpc) is 3.41. The van der Waals surface area contributed by atoms with Crippen molar-refractivity contribution in [1.82, 2.24) is 9.80 Å². The fraction of sp³-hybridized carbons (Fsp3) is 0.194. The Labute approximate surface area is 413 Å². The fourth-order valence-electron chi connectivity index (χ4n) is 11.1. The Kier molecular flexibility index (Phi) is 13.6. The molecular formula is C62H58N2O4P2+2. The summed E-state index contributed by atoms with van der Waals surface area (Å²) in [6, 6.07) is 66.1. The van der Waals surface area contributed by atoms with E-state index >= 15 is 19.2 Å². The molecule has 2 aliphatic heterocycles. The number of hydrogen-bond acceptors (Lipinski definition) is 4. The normalized spacial score (nSPS) is 13.6. The van der Waals surface area contributed by atoms with Crippen molar-refractivity contribution in [3.63, 3.8) is 0 Å². The van der Waals surface area contributed by atoms with Gasteiger partial charge in [-0.1, -0.05) is 162 Å². The lowest BCUT2D eigenvalue weighted by atomic mass is 9.85. The van der Waals surface area contributed by atoms with Crippen molar-refractivity contribution < 1.29 is 19.2 Å². The minimum atomic E-state index is -3.09. The zero-order valence-corrected chi connectivity index (χ0v) is 41.8. The van der Waals surface area contributed by atoms with Gasteiger partial charge in [0, 0.05) is 23.9 Å². The zero-order chi connectivity index (χ0) is 48.2. The zero-order valence-electron chi connectivity index (χ0n) is 40.0. The van der Waals surface area contributed by atoms with E-state index in [1.165, 1.54) is 9.80 Å². The van der Waals surface area contributed by atoms with E-state index in [1.54, 1.807) is 0 Å². The van der Waals surface area contributed by atoms with Gasteiger partial charge in [0.05, 0.1) is 22.3 Å². The Morgan fingerprint density at radius 1 is 0.329 bits per heavy atom. The second kappa shape index (κ2) is 20.2. The van der Waals surface area contributed by atoms with Crippen molar-refractivity contribution in [3.05, 3.63) is 216 Å². The highest BCUT2D eigenvalue weighted by Gasteiger charge is 2.57. The first-order valence-electron chi connectivity index (χ1n) is 24.9. The van der Waals surface area contributed by atoms with Crippen LogP contribution in [0.2, 0.25) is 0 Å². The average molecular weight is 957 g/mol. The van der Waals surface area contributed by atoms with Gasteiger partial charge in [-0.2, -0.15) is 0 Å². The molecule has 0 bridgehead atoms. The van der Waals surface area contributed by atoms with Gasteiger partial charge in [-0.3, -0.25) is 29.0 Å². The van der Waals surface area contributed by atoms with Gasteiger partial charge >= 0.3 is 0 Å². The highest BCUT2D eigenvalue weighted by molar-refractivity contribution is 8.02. The number of imide groups is 2. The second-order valence-corrected chi connectivity index (χ2v) is 25.1. The van der Waals surface area contributed by atoms with E-state index in [9.17, 15) is 0 Å². The van der Waals surface area contributed by atoms with Gasteiger partial charge in [0.15, 0.2) is 0 Å². The van der Waals surface area contributed by atoms with Crippen LogP contribution in [-0.2, 0) is 0 Å². The molecule has 348 valence electrons. The molecule has 2 heterocycles. The van der Waals surface area contributed by atoms with Crippen LogP contribution in [0, 0.1) is 0 Å². The monoisotopic (exact) mass is 956 g/mol. The molecule has 0 saturated heterocycles. The van der Waals surface area contributed by atoms with E-state index < -0.39 is 38.2 Å². The molecule has 0 aromatic heterocycles. The molecular weight excluding hydrogens is 899 g/mol. The summed E-state index contributed by atoms with van der Waals surface area (Å²) in [5, 5.41) is 8.25. The summed E-state index contributed by atoms with van der Waals surface area (Å²) in [5.74, 6) is -1.58. The summed E-state index contributed by atoms with van der Waals surface area (Å²) < 4.78 is 0. The van der Waals surface area contributed by atoms with Crippen LogP contribution in [-0.4, -0.2) is 46.5 Å². The SMILES string of the molecule is CCCCCCN1C(=O)c2cc([P+](c3ccccc3)(c3ccccc3)c3ccccc3)c3c4c(cc([P+](c5ccccc5)(c5ccccc5)c5ccccc5)c(c24)C1=O)C(=O)N(CCCCCC)C3=O. The molecule has 0 fully saturated rings. The Morgan fingerprint density at radius 2 is 0.586 bits per heavy atom. The van der Waals surface area contributed by atoms with Gasteiger partial charge in [0.25, 0.3) is 23.6 Å². The van der Waals surface area contributed by atoms with Gasteiger partial charge in [-0.05, 0) is 97.8 Å². The molecule has 0 aliphatic carbocycles. The topological polar surface area (TPSA) is 74.8 Å². The van der Waals surface area contributed by atoms with Gasteiger partial charge in [-0.15, -0.1) is 0 Å². The van der Waals surface area contributed by atoms with Crippen molar-refractivity contribution >= 4 is 91.4 Å². The van der Waals surface area contributed by atoms with Gasteiger partial charge in [-0.25, -0.2) is 0 Å². The third-order valence-electron chi connectivity index (χ3n) is 14.3. The van der Waals surface area contributed by atoms with E-state index in [-0.39, 0.29) is 13.1 Å². The second-order valence-electron chi connectivity index (χ2n) is 18.4. The van der Waals surface area contributed by atoms with Crippen molar-refractivity contribution in [2.45, 2.75) is 65.2 Å². The third-order valence-corrected chi connectivity index (χ3v) is 22.9. The number of rotatable bonds is 18. The molecule has 0 saturated carbocycles. The molecule has 4 amide bonds. The van der Waals surface area contributed by atoms with Crippen LogP contribution < -0.4 is 42.4 Å². The lowest BCUT2D eigenvalue weighted by molar-refractivity contribution is 0.0587. The Bertz CT molecular complexity index is 2790. The Balaban J connectivity index is 1.43. The molecule has 6 nitrogen and oxygen atoms in total. The molecule has 0 spiro atoms. The molecule has 8 aromatic rings. The maximum atomic E-state index is 16.1. The number of carbonyl (C=O) groups excluding carboxylic acids is 4. The lowest BCUT2D eigenvalue weighted by Crippen LogP contribution is -2.51. The highest BCUT2D eigenvalue weighted by Crippen LogP contribution is 2.59. The first-order chi connectivity index (χ1) is 34.4. The molecule has 10 rings (SSSR count). The van der Waals surface area contributed by atoms with Crippen LogP contribution in [0.15, 0.2) is 194 Å². The lowest BCUT2D eigenvalue weighted by Gasteiger charge is -2.38. The molecule has 0 unspecified atom stereocenters. The molecule has 70 heavy (non-hydrogen) atoms. The minimum absolute atomic E-state index is 0.240. The predicted molar refractivity (Wildman–Crippen MR) is 293 cm³/mol. The fourth-order valence-corrected chi connectivity index (χ4v) is 20.0. The van der Waals surface area contributed by atoms with Crippen molar-refractivity contribution in [2.24, 2.45) is 0 Å². The van der Waals surface area contributed by atoms with Gasteiger partial charge in [0.1, 0.15) is 57.0 Å². The van der Waals surface area contributed by atoms with Crippen LogP contribution in [0.25, 0.3) is 10.8 Å². The van der Waals surface area contributed by atoms with E-state index in [2.05, 4.69) is 86.6 Å². The standard InChI is InChI=1S/C62H58N2O4P2/c1-3-5-7-27-41-63-59(65)51-43-54(70(48-35-21-12-22-36-48,49-37-23-13-24-38-49)50-39-25-14-26-40-50)58-56-52(60(66)64(62(58)68)42-28-8-6-4-2)44-53(57(55(51)56)61(63)67)69(45-29-15-9-16-30-45,46-31-17-10-18-32-46)47-33-19-11-20-34-47/h9-26,29-40,43-44H,3-8,27-28,41-42H2,1-2H3/q+2. The number of benzene rings is 8. The summed E-state index contributed by atoms with van der Waals surface area (Å²) in [7, 11) is -6.18. The van der Waals surface area contributed by atoms with Crippen LogP contribution in [0.5, 0.6) is 0 Å². The van der Waals surface area contributed by atoms with Gasteiger partial charge < -0.3 is 0 Å². The van der Waals surface area contributed by atoms with Crippen LogP contribution in [0.4, 0.5) is 0 Å². The van der Waals surface area contributed by atoms with Crippen molar-refractivity contribution in [1.29, 1.82) is 0 Å². The number of hydrogen-bond donors (Lipinski definition) is 0. The van der Waals surface area contributed by atoms with E-state index in [1.807, 2.05) is 121 Å². The summed E-state index contributed by atoms with van der Waals surface area (Å²) in [6.07, 6.45) is 6.99. The number of amides is 4. The Hall–Kier alpha value is -6.84. The van der Waals surface area contributed by atoms with Crippen LogP contribution in [0.3, 0.4) is 0 Å². The molecule has 8 aromatic carbocycles. The molecule has 0 radical (unpaired) electrons. The number of nitrogens with zero attached hydrogens (tertiary/aromatic N) is 2. The van der Waals surface area contributed by atoms with Gasteiger partial charge in [0.2, 0.25) is 0 Å². The maximum Gasteiger partial charge on any atom is 0.265 e. The quantitative estimate of drug-likeness (QED) is 0.0488. The first-order valence-corrected chi connectivity index (χ1v) is 28.5. The highest BCUT2D eigenvalue weighted by atomic mass is 31.2. The Morgan fingerprint density at radius 3 is 0.829 bits per heavy atom. The minimum Gasteiger partial charge on any atom is -0.274 e. The van der Waals surface area contributed by atoms with Crippen molar-refractivity contribution in [3.8, 4) is 0 Å². The predicted octanol–water partition coefficient (Wildman–Crippen LogP) is 10.4. The largest absolute Gasteiger partial charge is 0.274 e. The third kappa shape index (κ3) is 7.74. The molecule has 0 N–H and O–H groups in total. The molecule has 2 aliphatic rings. The summed E-state index contributed by atoms with van der Waals surface area (Å²) in [4.78, 5) is 66.8.